The molecule has 1 aromatic heterocycles. The van der Waals surface area contributed by atoms with Gasteiger partial charge in [0.05, 0.1) is 5.39 Å². The molecule has 7 nitrogen and oxygen atoms in total. The summed E-state index contributed by atoms with van der Waals surface area (Å²) >= 11 is 0. The number of carbonyl (C=O) groups excluding carboxylic acids is 2. The summed E-state index contributed by atoms with van der Waals surface area (Å²) in [5, 5.41) is 7.83. The fourth-order valence-corrected chi connectivity index (χ4v) is 3.33. The Morgan fingerprint density at radius 1 is 1.03 bits per heavy atom. The van der Waals surface area contributed by atoms with Crippen molar-refractivity contribution >= 4 is 22.6 Å². The summed E-state index contributed by atoms with van der Waals surface area (Å²) in [6, 6.07) is 16.7. The fraction of sp³-hybridized carbons (Fsp3) is 0.333. The summed E-state index contributed by atoms with van der Waals surface area (Å²) in [6.45, 7) is 5.53. The number of ether oxygens (including phenoxy) is 1. The SMILES string of the molecule is CCn1nc(C(=O)O[C@@H](C)C(=O)N[C@H](C)CCc2ccccc2)c2ccccc2c1=O. The highest BCUT2D eigenvalue weighted by Gasteiger charge is 2.24. The van der Waals surface area contributed by atoms with Crippen molar-refractivity contribution in [2.45, 2.75) is 52.3 Å². The van der Waals surface area contributed by atoms with E-state index in [-0.39, 0.29) is 23.2 Å². The van der Waals surface area contributed by atoms with Crippen molar-refractivity contribution in [3.8, 4) is 0 Å². The summed E-state index contributed by atoms with van der Waals surface area (Å²) in [5.41, 5.74) is 0.952. The van der Waals surface area contributed by atoms with Gasteiger partial charge >= 0.3 is 5.97 Å². The van der Waals surface area contributed by atoms with Gasteiger partial charge in [-0.25, -0.2) is 9.48 Å². The van der Waals surface area contributed by atoms with Crippen LogP contribution in [0.5, 0.6) is 0 Å². The Hall–Kier alpha value is -3.48. The summed E-state index contributed by atoms with van der Waals surface area (Å²) in [6.07, 6.45) is 0.615. The third kappa shape index (κ3) is 5.36. The van der Waals surface area contributed by atoms with E-state index in [2.05, 4.69) is 10.4 Å². The number of amides is 1. The van der Waals surface area contributed by atoms with Crippen LogP contribution in [0.3, 0.4) is 0 Å². The lowest BCUT2D eigenvalue weighted by atomic mass is 10.1. The summed E-state index contributed by atoms with van der Waals surface area (Å²) in [4.78, 5) is 37.7. The van der Waals surface area contributed by atoms with Crippen LogP contribution in [0.1, 0.15) is 43.2 Å². The first-order chi connectivity index (χ1) is 14.9. The first-order valence-electron chi connectivity index (χ1n) is 10.5. The third-order valence-electron chi connectivity index (χ3n) is 5.11. The molecule has 0 saturated carbocycles. The number of nitrogens with one attached hydrogen (secondary N) is 1. The first-order valence-corrected chi connectivity index (χ1v) is 10.5. The normalized spacial score (nSPS) is 12.9. The number of rotatable bonds is 8. The van der Waals surface area contributed by atoms with Crippen LogP contribution in [-0.4, -0.2) is 33.8 Å². The average molecular weight is 421 g/mol. The predicted molar refractivity (Wildman–Crippen MR) is 119 cm³/mol. The van der Waals surface area contributed by atoms with Gasteiger partial charge < -0.3 is 10.1 Å². The highest BCUT2D eigenvalue weighted by Crippen LogP contribution is 2.15. The number of aromatic nitrogens is 2. The molecule has 0 aliphatic carbocycles. The van der Waals surface area contributed by atoms with E-state index in [1.54, 1.807) is 31.2 Å². The second-order valence-electron chi connectivity index (χ2n) is 7.50. The van der Waals surface area contributed by atoms with Crippen molar-refractivity contribution in [1.29, 1.82) is 0 Å². The van der Waals surface area contributed by atoms with Crippen molar-refractivity contribution in [3.63, 3.8) is 0 Å². The van der Waals surface area contributed by atoms with E-state index in [0.717, 1.165) is 12.8 Å². The Morgan fingerprint density at radius 2 is 1.68 bits per heavy atom. The van der Waals surface area contributed by atoms with Gasteiger partial charge in [0.15, 0.2) is 11.8 Å². The number of aryl methyl sites for hydroxylation is 2. The zero-order valence-corrected chi connectivity index (χ0v) is 18.0. The van der Waals surface area contributed by atoms with Gasteiger partial charge in [0, 0.05) is 18.0 Å². The number of carbonyl (C=O) groups is 2. The summed E-state index contributed by atoms with van der Waals surface area (Å²) in [5.74, 6) is -1.11. The van der Waals surface area contributed by atoms with Crippen LogP contribution in [0.25, 0.3) is 10.8 Å². The van der Waals surface area contributed by atoms with Crippen molar-refractivity contribution in [2.24, 2.45) is 0 Å². The molecule has 0 fully saturated rings. The lowest BCUT2D eigenvalue weighted by Crippen LogP contribution is -2.41. The van der Waals surface area contributed by atoms with Crippen LogP contribution in [0, 0.1) is 0 Å². The number of hydrogen-bond acceptors (Lipinski definition) is 5. The third-order valence-corrected chi connectivity index (χ3v) is 5.11. The van der Waals surface area contributed by atoms with Gasteiger partial charge in [-0.05, 0) is 45.2 Å². The molecular weight excluding hydrogens is 394 g/mol. The maximum absolute atomic E-state index is 12.8. The standard InChI is InChI=1S/C24H27N3O4/c1-4-27-23(29)20-13-9-8-12-19(20)21(26-27)24(30)31-17(3)22(28)25-16(2)14-15-18-10-6-5-7-11-18/h5-13,16-17H,4,14-15H2,1-3H3,(H,25,28)/t16-,17+/m1/s1. The number of esters is 1. The topological polar surface area (TPSA) is 90.3 Å². The zero-order valence-electron chi connectivity index (χ0n) is 18.0. The minimum absolute atomic E-state index is 0.0221. The maximum Gasteiger partial charge on any atom is 0.360 e. The molecule has 1 amide bonds. The summed E-state index contributed by atoms with van der Waals surface area (Å²) in [7, 11) is 0. The van der Waals surface area contributed by atoms with Crippen molar-refractivity contribution < 1.29 is 14.3 Å². The van der Waals surface area contributed by atoms with Gasteiger partial charge in [0.25, 0.3) is 11.5 Å². The monoisotopic (exact) mass is 421 g/mol. The van der Waals surface area contributed by atoms with Crippen molar-refractivity contribution in [1.82, 2.24) is 15.1 Å². The molecule has 0 aliphatic rings. The predicted octanol–water partition coefficient (Wildman–Crippen LogP) is 3.10. The molecule has 1 heterocycles. The zero-order chi connectivity index (χ0) is 22.4. The highest BCUT2D eigenvalue weighted by atomic mass is 16.5. The smallest absolute Gasteiger partial charge is 0.360 e. The first kappa shape index (κ1) is 22.2. The molecule has 0 aliphatic heterocycles. The number of fused-ring (bicyclic) bond motifs is 1. The Labute approximate surface area is 181 Å². The Balaban J connectivity index is 1.65. The Kier molecular flexibility index (Phi) is 7.18. The molecule has 0 spiro atoms. The molecule has 2 aromatic carbocycles. The fourth-order valence-electron chi connectivity index (χ4n) is 3.33. The molecule has 162 valence electrons. The van der Waals surface area contributed by atoms with Crippen LogP contribution in [0.15, 0.2) is 59.4 Å². The van der Waals surface area contributed by atoms with Crippen molar-refractivity contribution in [3.05, 3.63) is 76.2 Å². The van der Waals surface area contributed by atoms with Crippen LogP contribution in [0.4, 0.5) is 0 Å². The van der Waals surface area contributed by atoms with Crippen LogP contribution in [0.2, 0.25) is 0 Å². The molecule has 3 rings (SSSR count). The number of hydrogen-bond donors (Lipinski definition) is 1. The number of nitrogens with zero attached hydrogens (tertiary/aromatic N) is 2. The molecule has 0 saturated heterocycles. The molecule has 0 unspecified atom stereocenters. The van der Waals surface area contributed by atoms with E-state index in [9.17, 15) is 14.4 Å². The second kappa shape index (κ2) is 10.0. The van der Waals surface area contributed by atoms with Crippen molar-refractivity contribution in [2.75, 3.05) is 0 Å². The van der Waals surface area contributed by atoms with Gasteiger partial charge in [-0.1, -0.05) is 48.5 Å². The Morgan fingerprint density at radius 3 is 2.35 bits per heavy atom. The minimum Gasteiger partial charge on any atom is -0.448 e. The average Bonchev–Trinajstić information content (AvgIpc) is 2.78. The molecule has 0 radical (unpaired) electrons. The lowest BCUT2D eigenvalue weighted by molar-refractivity contribution is -0.129. The largest absolute Gasteiger partial charge is 0.448 e. The van der Waals surface area contributed by atoms with E-state index in [1.807, 2.05) is 37.3 Å². The molecule has 2 atom stereocenters. The van der Waals surface area contributed by atoms with E-state index in [4.69, 9.17) is 4.74 Å². The number of benzene rings is 2. The maximum atomic E-state index is 12.8. The molecular formula is C24H27N3O4. The van der Waals surface area contributed by atoms with E-state index >= 15 is 0 Å². The second-order valence-corrected chi connectivity index (χ2v) is 7.50. The molecule has 31 heavy (non-hydrogen) atoms. The van der Waals surface area contributed by atoms with Crippen LogP contribution in [-0.2, 0) is 22.5 Å². The van der Waals surface area contributed by atoms with Crippen LogP contribution >= 0.6 is 0 Å². The molecule has 1 N–H and O–H groups in total. The van der Waals surface area contributed by atoms with Gasteiger partial charge in [-0.3, -0.25) is 9.59 Å². The van der Waals surface area contributed by atoms with Gasteiger partial charge in [-0.2, -0.15) is 5.10 Å². The Bertz CT molecular complexity index is 1120. The lowest BCUT2D eigenvalue weighted by Gasteiger charge is -2.18. The summed E-state index contributed by atoms with van der Waals surface area (Å²) < 4.78 is 6.60. The van der Waals surface area contributed by atoms with E-state index < -0.39 is 12.1 Å². The van der Waals surface area contributed by atoms with Crippen LogP contribution < -0.4 is 10.9 Å². The van der Waals surface area contributed by atoms with E-state index in [1.165, 1.54) is 17.2 Å². The molecule has 3 aromatic rings. The quantitative estimate of drug-likeness (QED) is 0.565. The molecule has 0 bridgehead atoms. The van der Waals surface area contributed by atoms with Gasteiger partial charge in [0.2, 0.25) is 0 Å². The van der Waals surface area contributed by atoms with Gasteiger partial charge in [-0.15, -0.1) is 0 Å². The molecule has 7 heteroatoms. The van der Waals surface area contributed by atoms with E-state index in [0.29, 0.717) is 17.3 Å². The van der Waals surface area contributed by atoms with Gasteiger partial charge in [0.1, 0.15) is 0 Å². The minimum atomic E-state index is -0.991. The highest BCUT2D eigenvalue weighted by molar-refractivity contribution is 6.02.